The first-order valence-electron chi connectivity index (χ1n) is 11.0. The predicted octanol–water partition coefficient (Wildman–Crippen LogP) is 3.27. The van der Waals surface area contributed by atoms with Crippen LogP contribution in [-0.4, -0.2) is 74.7 Å². The highest BCUT2D eigenvalue weighted by Gasteiger charge is 2.32. The minimum atomic E-state index is -0.560. The summed E-state index contributed by atoms with van der Waals surface area (Å²) in [4.78, 5) is 42.6. The average molecular weight is 486 g/mol. The Bertz CT molecular complexity index is 1240. The zero-order valence-corrected chi connectivity index (χ0v) is 20.6. The molecule has 1 atom stereocenters. The predicted molar refractivity (Wildman–Crippen MR) is 130 cm³/mol. The van der Waals surface area contributed by atoms with E-state index in [0.717, 1.165) is 0 Å². The number of rotatable bonds is 3. The fraction of sp³-hybridized carbons (Fsp3) is 0.435. The van der Waals surface area contributed by atoms with Gasteiger partial charge in [-0.1, -0.05) is 11.6 Å². The topological polar surface area (TPSA) is 105 Å². The van der Waals surface area contributed by atoms with E-state index >= 15 is 0 Å². The number of anilines is 1. The number of fused-ring (bicyclic) bond motifs is 1. The summed E-state index contributed by atoms with van der Waals surface area (Å²) >= 11 is 6.18. The lowest BCUT2D eigenvalue weighted by Crippen LogP contribution is -2.55. The highest BCUT2D eigenvalue weighted by Crippen LogP contribution is 2.32. The van der Waals surface area contributed by atoms with Crippen LogP contribution < -0.4 is 10.2 Å². The number of hydrogen-bond donors (Lipinski definition) is 1. The molecule has 3 aromatic rings. The number of ether oxygens (including phenoxy) is 1. The van der Waals surface area contributed by atoms with Crippen LogP contribution in [0.25, 0.3) is 16.9 Å². The van der Waals surface area contributed by atoms with E-state index in [1.807, 2.05) is 27.7 Å². The van der Waals surface area contributed by atoms with Crippen molar-refractivity contribution in [3.63, 3.8) is 0 Å². The van der Waals surface area contributed by atoms with E-state index in [-0.39, 0.29) is 18.0 Å². The molecule has 3 aromatic heterocycles. The molecule has 2 amide bonds. The van der Waals surface area contributed by atoms with Crippen molar-refractivity contribution in [1.29, 1.82) is 0 Å². The van der Waals surface area contributed by atoms with Gasteiger partial charge in [-0.3, -0.25) is 9.36 Å². The molecule has 1 N–H and O–H groups in total. The van der Waals surface area contributed by atoms with Gasteiger partial charge in [0.15, 0.2) is 5.65 Å². The molecule has 11 heteroatoms. The first kappa shape index (κ1) is 23.7. The van der Waals surface area contributed by atoms with Crippen molar-refractivity contribution in [1.82, 2.24) is 29.7 Å². The number of hydrogen-bond acceptors (Lipinski definition) is 7. The van der Waals surface area contributed by atoms with E-state index in [4.69, 9.17) is 16.3 Å². The fourth-order valence-electron chi connectivity index (χ4n) is 4.03. The minimum absolute atomic E-state index is 0.0652. The van der Waals surface area contributed by atoms with E-state index in [1.165, 1.54) is 6.33 Å². The number of nitrogens with one attached hydrogen (secondary N) is 1. The van der Waals surface area contributed by atoms with Gasteiger partial charge in [0.2, 0.25) is 0 Å². The van der Waals surface area contributed by atoms with Crippen LogP contribution >= 0.6 is 11.6 Å². The maximum Gasteiger partial charge on any atom is 0.410 e. The lowest BCUT2D eigenvalue weighted by Gasteiger charge is -2.41. The normalized spacial score (nSPS) is 16.6. The molecule has 10 nitrogen and oxygen atoms in total. The van der Waals surface area contributed by atoms with Crippen molar-refractivity contribution in [3.05, 3.63) is 41.4 Å². The zero-order valence-electron chi connectivity index (χ0n) is 19.9. The molecule has 0 saturated carbocycles. The van der Waals surface area contributed by atoms with Crippen LogP contribution in [0, 0.1) is 0 Å². The quantitative estimate of drug-likeness (QED) is 0.606. The van der Waals surface area contributed by atoms with Crippen molar-refractivity contribution in [2.24, 2.45) is 0 Å². The Morgan fingerprint density at radius 2 is 1.97 bits per heavy atom. The molecule has 4 heterocycles. The van der Waals surface area contributed by atoms with Gasteiger partial charge in [0.05, 0.1) is 10.9 Å². The van der Waals surface area contributed by atoms with Gasteiger partial charge >= 0.3 is 6.09 Å². The SMILES string of the molecule is CNC(=O)c1cn(-c2cc(Cl)ccn2)c2ncnc(N3CCN(C(=O)OC(C)(C)C)C[C@@H]3C)c12. The number of carbonyl (C=O) groups is 2. The number of halogens is 1. The third-order valence-electron chi connectivity index (χ3n) is 5.54. The molecule has 34 heavy (non-hydrogen) atoms. The van der Waals surface area contributed by atoms with Gasteiger partial charge in [0, 0.05) is 56.2 Å². The molecule has 1 aliphatic heterocycles. The summed E-state index contributed by atoms with van der Waals surface area (Å²) in [6.07, 6.45) is 4.43. The highest BCUT2D eigenvalue weighted by atomic mass is 35.5. The Hall–Kier alpha value is -3.40. The second-order valence-electron chi connectivity index (χ2n) is 9.19. The van der Waals surface area contributed by atoms with Gasteiger partial charge in [-0.25, -0.2) is 19.7 Å². The van der Waals surface area contributed by atoms with Crippen molar-refractivity contribution in [2.45, 2.75) is 39.3 Å². The molecule has 0 spiro atoms. The van der Waals surface area contributed by atoms with E-state index < -0.39 is 5.60 Å². The van der Waals surface area contributed by atoms with Crippen LogP contribution in [0.4, 0.5) is 10.6 Å². The number of pyridine rings is 1. The highest BCUT2D eigenvalue weighted by molar-refractivity contribution is 6.30. The van der Waals surface area contributed by atoms with Crippen LogP contribution in [0.5, 0.6) is 0 Å². The third-order valence-corrected chi connectivity index (χ3v) is 5.78. The van der Waals surface area contributed by atoms with Gasteiger partial charge in [-0.15, -0.1) is 0 Å². The summed E-state index contributed by atoms with van der Waals surface area (Å²) in [5.41, 5.74) is 0.410. The summed E-state index contributed by atoms with van der Waals surface area (Å²) < 4.78 is 7.27. The number of amides is 2. The van der Waals surface area contributed by atoms with Crippen molar-refractivity contribution in [3.8, 4) is 5.82 Å². The summed E-state index contributed by atoms with van der Waals surface area (Å²) in [5.74, 6) is 0.905. The van der Waals surface area contributed by atoms with Crippen LogP contribution in [-0.2, 0) is 4.74 Å². The van der Waals surface area contributed by atoms with Crippen LogP contribution in [0.2, 0.25) is 5.02 Å². The Kier molecular flexibility index (Phi) is 6.35. The van der Waals surface area contributed by atoms with Gasteiger partial charge in [0.1, 0.15) is 23.6 Å². The van der Waals surface area contributed by atoms with Crippen LogP contribution in [0.3, 0.4) is 0 Å². The second-order valence-corrected chi connectivity index (χ2v) is 9.63. The Morgan fingerprint density at radius 3 is 2.62 bits per heavy atom. The molecule has 1 aliphatic rings. The molecular weight excluding hydrogens is 458 g/mol. The van der Waals surface area contributed by atoms with E-state index in [0.29, 0.717) is 52.9 Å². The Morgan fingerprint density at radius 1 is 1.21 bits per heavy atom. The van der Waals surface area contributed by atoms with Crippen molar-refractivity contribution < 1.29 is 14.3 Å². The van der Waals surface area contributed by atoms with Crippen molar-refractivity contribution >= 4 is 40.5 Å². The Labute approximate surface area is 202 Å². The minimum Gasteiger partial charge on any atom is -0.444 e. The lowest BCUT2D eigenvalue weighted by molar-refractivity contribution is 0.0218. The molecule has 0 aliphatic carbocycles. The fourth-order valence-corrected chi connectivity index (χ4v) is 4.19. The van der Waals surface area contributed by atoms with Crippen LogP contribution in [0.15, 0.2) is 30.9 Å². The van der Waals surface area contributed by atoms with Gasteiger partial charge in [-0.05, 0) is 33.8 Å². The molecule has 0 unspecified atom stereocenters. The standard InChI is InChI=1S/C23H28ClN7O3/c1-14-11-29(22(33)34-23(2,3)4)8-9-30(14)19-18-16(21(32)25-5)12-31(20(18)28-13-27-19)17-10-15(24)6-7-26-17/h6-7,10,12-14H,8-9,11H2,1-5H3,(H,25,32)/t14-/m0/s1. The number of carbonyl (C=O) groups excluding carboxylic acids is 2. The zero-order chi connectivity index (χ0) is 24.6. The van der Waals surface area contributed by atoms with Crippen molar-refractivity contribution in [2.75, 3.05) is 31.6 Å². The van der Waals surface area contributed by atoms with Gasteiger partial charge < -0.3 is 19.9 Å². The molecule has 0 radical (unpaired) electrons. The van der Waals surface area contributed by atoms with Gasteiger partial charge in [-0.2, -0.15) is 0 Å². The Balaban J connectivity index is 1.74. The summed E-state index contributed by atoms with van der Waals surface area (Å²) in [5, 5.41) is 3.83. The molecular formula is C23H28ClN7O3. The molecule has 0 bridgehead atoms. The first-order valence-corrected chi connectivity index (χ1v) is 11.4. The van der Waals surface area contributed by atoms with E-state index in [2.05, 4.69) is 25.2 Å². The number of aromatic nitrogens is 4. The monoisotopic (exact) mass is 485 g/mol. The van der Waals surface area contributed by atoms with E-state index in [9.17, 15) is 9.59 Å². The molecule has 1 saturated heterocycles. The van der Waals surface area contributed by atoms with E-state index in [1.54, 1.807) is 41.0 Å². The maximum absolute atomic E-state index is 12.8. The lowest BCUT2D eigenvalue weighted by atomic mass is 10.1. The second kappa shape index (κ2) is 9.09. The number of piperazine rings is 1. The molecule has 180 valence electrons. The summed E-state index contributed by atoms with van der Waals surface area (Å²) in [6, 6.07) is 3.32. The first-order chi connectivity index (χ1) is 16.1. The smallest absolute Gasteiger partial charge is 0.410 e. The third kappa shape index (κ3) is 4.63. The number of nitrogens with zero attached hydrogens (tertiary/aromatic N) is 6. The van der Waals surface area contributed by atoms with Gasteiger partial charge in [0.25, 0.3) is 5.91 Å². The molecule has 1 fully saturated rings. The van der Waals surface area contributed by atoms with Crippen LogP contribution in [0.1, 0.15) is 38.1 Å². The summed E-state index contributed by atoms with van der Waals surface area (Å²) in [7, 11) is 1.58. The summed E-state index contributed by atoms with van der Waals surface area (Å²) in [6.45, 7) is 9.02. The largest absolute Gasteiger partial charge is 0.444 e. The molecule has 4 rings (SSSR count). The molecule has 0 aromatic carbocycles. The average Bonchev–Trinajstić information content (AvgIpc) is 3.17. The maximum atomic E-state index is 12.8.